The number of ether oxygens (including phenoxy) is 2. The van der Waals surface area contributed by atoms with E-state index in [0.717, 1.165) is 33.3 Å². The van der Waals surface area contributed by atoms with Gasteiger partial charge in [-0.2, -0.15) is 4.98 Å². The van der Waals surface area contributed by atoms with Gasteiger partial charge < -0.3 is 14.8 Å². The van der Waals surface area contributed by atoms with Crippen LogP contribution < -0.4 is 14.8 Å². The van der Waals surface area contributed by atoms with Crippen molar-refractivity contribution in [2.75, 3.05) is 18.7 Å². The molecule has 29 heavy (non-hydrogen) atoms. The average Bonchev–Trinajstić information content (AvgIpc) is 2.94. The van der Waals surface area contributed by atoms with Crippen molar-refractivity contribution in [2.24, 2.45) is 0 Å². The van der Waals surface area contributed by atoms with Gasteiger partial charge in [0.25, 0.3) is 0 Å². The zero-order valence-corrected chi connectivity index (χ0v) is 16.7. The monoisotopic (exact) mass is 402 g/mol. The maximum atomic E-state index is 6.40. The van der Waals surface area contributed by atoms with Crippen molar-refractivity contribution in [2.45, 2.75) is 11.4 Å². The Kier molecular flexibility index (Phi) is 4.44. The molecule has 6 nitrogen and oxygen atoms in total. The summed E-state index contributed by atoms with van der Waals surface area (Å²) in [5, 5.41) is 14.8. The van der Waals surface area contributed by atoms with Crippen LogP contribution in [0, 0.1) is 0 Å². The third kappa shape index (κ3) is 3.03. The largest absolute Gasteiger partial charge is 0.496 e. The molecule has 7 heteroatoms. The van der Waals surface area contributed by atoms with E-state index in [-0.39, 0.29) is 0 Å². The maximum Gasteiger partial charge on any atom is 0.247 e. The summed E-state index contributed by atoms with van der Waals surface area (Å²) >= 11 is 1.43. The summed E-state index contributed by atoms with van der Waals surface area (Å²) in [6, 6.07) is 20.1. The van der Waals surface area contributed by atoms with Crippen LogP contribution in [0.2, 0.25) is 0 Å². The number of aromatic nitrogens is 3. The first-order chi connectivity index (χ1) is 14.3. The second kappa shape index (κ2) is 7.25. The molecule has 1 aliphatic rings. The Morgan fingerprint density at radius 1 is 1.00 bits per heavy atom. The van der Waals surface area contributed by atoms with Crippen LogP contribution >= 0.6 is 11.8 Å². The summed E-state index contributed by atoms with van der Waals surface area (Å²) in [6.45, 7) is 0. The first kappa shape index (κ1) is 17.8. The Bertz CT molecular complexity index is 1210. The number of fused-ring (bicyclic) bond motifs is 4. The number of rotatable bonds is 3. The maximum absolute atomic E-state index is 6.40. The average molecular weight is 402 g/mol. The Morgan fingerprint density at radius 2 is 1.83 bits per heavy atom. The van der Waals surface area contributed by atoms with E-state index in [1.54, 1.807) is 7.11 Å². The van der Waals surface area contributed by atoms with Gasteiger partial charge >= 0.3 is 0 Å². The molecule has 0 unspecified atom stereocenters. The van der Waals surface area contributed by atoms with E-state index in [1.807, 2.05) is 54.8 Å². The molecule has 1 aliphatic heterocycles. The first-order valence-electron chi connectivity index (χ1n) is 9.15. The lowest BCUT2D eigenvalue weighted by Gasteiger charge is -2.23. The minimum atomic E-state index is -0.509. The fourth-order valence-electron chi connectivity index (χ4n) is 3.59. The Hall–Kier alpha value is -3.32. The molecule has 1 atom stereocenters. The van der Waals surface area contributed by atoms with Crippen LogP contribution in [-0.4, -0.2) is 28.5 Å². The van der Waals surface area contributed by atoms with Gasteiger partial charge in [-0.15, -0.1) is 10.2 Å². The number of para-hydroxylation sites is 1. The number of hydrogen-bond donors (Lipinski definition) is 1. The van der Waals surface area contributed by atoms with Crippen molar-refractivity contribution in [3.8, 4) is 22.9 Å². The molecule has 0 spiro atoms. The predicted octanol–water partition coefficient (Wildman–Crippen LogP) is 4.93. The molecule has 4 aromatic rings. The number of thioether (sulfide) groups is 1. The summed E-state index contributed by atoms with van der Waals surface area (Å²) in [5.74, 6) is 1.19. The first-order valence-corrected chi connectivity index (χ1v) is 10.4. The van der Waals surface area contributed by atoms with Gasteiger partial charge in [-0.25, -0.2) is 0 Å². The lowest BCUT2D eigenvalue weighted by atomic mass is 10.0. The highest BCUT2D eigenvalue weighted by molar-refractivity contribution is 7.98. The number of nitrogens with one attached hydrogen (secondary N) is 1. The van der Waals surface area contributed by atoms with Crippen molar-refractivity contribution < 1.29 is 9.47 Å². The minimum absolute atomic E-state index is 0.446. The Labute approximate surface area is 172 Å². The number of benzene rings is 3. The molecule has 0 aliphatic carbocycles. The summed E-state index contributed by atoms with van der Waals surface area (Å²) in [5.41, 5.74) is 3.33. The summed E-state index contributed by atoms with van der Waals surface area (Å²) in [4.78, 5) is 4.59. The highest BCUT2D eigenvalue weighted by Crippen LogP contribution is 2.42. The van der Waals surface area contributed by atoms with Crippen LogP contribution in [0.4, 0.5) is 5.69 Å². The molecule has 5 rings (SSSR count). The highest BCUT2D eigenvalue weighted by Gasteiger charge is 2.29. The second-order valence-electron chi connectivity index (χ2n) is 6.54. The fraction of sp³-hybridized carbons (Fsp3) is 0.136. The molecule has 0 amide bonds. The van der Waals surface area contributed by atoms with Crippen LogP contribution in [0.5, 0.6) is 11.6 Å². The normalized spacial score (nSPS) is 14.9. The van der Waals surface area contributed by atoms with E-state index in [4.69, 9.17) is 9.47 Å². The van der Waals surface area contributed by atoms with Gasteiger partial charge in [-0.3, -0.25) is 0 Å². The quantitative estimate of drug-likeness (QED) is 0.488. The van der Waals surface area contributed by atoms with Gasteiger partial charge in [-0.05, 0) is 29.2 Å². The van der Waals surface area contributed by atoms with E-state index in [0.29, 0.717) is 16.7 Å². The van der Waals surface area contributed by atoms with Gasteiger partial charge in [0, 0.05) is 11.3 Å². The van der Waals surface area contributed by atoms with Crippen molar-refractivity contribution in [3.05, 3.63) is 66.2 Å². The number of anilines is 1. The zero-order chi connectivity index (χ0) is 19.8. The van der Waals surface area contributed by atoms with Crippen molar-refractivity contribution in [1.82, 2.24) is 15.2 Å². The zero-order valence-electron chi connectivity index (χ0n) is 15.9. The number of nitrogens with zero attached hydrogens (tertiary/aromatic N) is 3. The molecular weight excluding hydrogens is 384 g/mol. The summed E-state index contributed by atoms with van der Waals surface area (Å²) in [7, 11) is 1.67. The molecule has 144 valence electrons. The minimum Gasteiger partial charge on any atom is -0.496 e. The Balaban J connectivity index is 1.75. The van der Waals surface area contributed by atoms with E-state index < -0.39 is 6.23 Å². The predicted molar refractivity (Wildman–Crippen MR) is 115 cm³/mol. The van der Waals surface area contributed by atoms with Crippen LogP contribution in [0.1, 0.15) is 11.8 Å². The van der Waals surface area contributed by atoms with Crippen LogP contribution in [0.3, 0.4) is 0 Å². The van der Waals surface area contributed by atoms with E-state index >= 15 is 0 Å². The molecule has 2 heterocycles. The summed E-state index contributed by atoms with van der Waals surface area (Å²) < 4.78 is 12.1. The molecule has 0 saturated heterocycles. The molecule has 0 fully saturated rings. The number of methoxy groups -OCH3 is 1. The van der Waals surface area contributed by atoms with Gasteiger partial charge in [0.15, 0.2) is 5.69 Å². The smallest absolute Gasteiger partial charge is 0.247 e. The highest BCUT2D eigenvalue weighted by atomic mass is 32.2. The topological polar surface area (TPSA) is 69.2 Å². The third-order valence-corrected chi connectivity index (χ3v) is 5.47. The molecule has 3 aromatic carbocycles. The van der Waals surface area contributed by atoms with Crippen molar-refractivity contribution in [3.63, 3.8) is 0 Å². The van der Waals surface area contributed by atoms with Gasteiger partial charge in [0.05, 0.1) is 12.7 Å². The molecule has 1 N–H and O–H groups in total. The molecule has 1 aromatic heterocycles. The lowest BCUT2D eigenvalue weighted by Crippen LogP contribution is -2.18. The van der Waals surface area contributed by atoms with Crippen molar-refractivity contribution >= 4 is 28.2 Å². The van der Waals surface area contributed by atoms with Crippen LogP contribution in [0.15, 0.2) is 65.8 Å². The molecule has 0 saturated carbocycles. The third-order valence-electron chi connectivity index (χ3n) is 4.93. The van der Waals surface area contributed by atoms with Gasteiger partial charge in [-0.1, -0.05) is 60.3 Å². The van der Waals surface area contributed by atoms with E-state index in [9.17, 15) is 0 Å². The van der Waals surface area contributed by atoms with Gasteiger partial charge in [0.2, 0.25) is 17.3 Å². The van der Waals surface area contributed by atoms with E-state index in [2.05, 4.69) is 32.6 Å². The SMILES string of the molecule is COc1ccc2ccccc2c1[C@@H]1Nc2ccccc2-c2nnc(SC)nc2O1. The molecular formula is C22H18N4O2S. The molecule has 0 radical (unpaired) electrons. The number of hydrogen-bond acceptors (Lipinski definition) is 7. The summed E-state index contributed by atoms with van der Waals surface area (Å²) in [6.07, 6.45) is 1.40. The Morgan fingerprint density at radius 3 is 2.69 bits per heavy atom. The standard InChI is InChI=1S/C22H18N4O2S/c1-27-17-12-11-13-7-3-4-8-14(13)18(17)20-23-16-10-6-5-9-15(16)19-21(28-20)24-22(29-2)26-25-19/h3-12,20,23H,1-2H3/t20-/m1/s1. The van der Waals surface area contributed by atoms with Crippen LogP contribution in [-0.2, 0) is 0 Å². The molecule has 0 bridgehead atoms. The second-order valence-corrected chi connectivity index (χ2v) is 7.32. The van der Waals surface area contributed by atoms with E-state index in [1.165, 1.54) is 11.8 Å². The van der Waals surface area contributed by atoms with Crippen LogP contribution in [0.25, 0.3) is 22.0 Å². The lowest BCUT2D eigenvalue weighted by molar-refractivity contribution is 0.221. The van der Waals surface area contributed by atoms with Crippen molar-refractivity contribution in [1.29, 1.82) is 0 Å². The van der Waals surface area contributed by atoms with Gasteiger partial charge in [0.1, 0.15) is 5.75 Å². The fourth-order valence-corrected chi connectivity index (χ4v) is 3.89.